The van der Waals surface area contributed by atoms with Gasteiger partial charge in [0, 0.05) is 0 Å². The van der Waals surface area contributed by atoms with Crippen molar-refractivity contribution >= 4 is 5.96 Å². The van der Waals surface area contributed by atoms with Gasteiger partial charge in [0.2, 0.25) is 5.96 Å². The molecule has 3 N–H and O–H groups in total. The van der Waals surface area contributed by atoms with Crippen LogP contribution in [0.15, 0.2) is 28.3 Å². The van der Waals surface area contributed by atoms with Crippen LogP contribution in [0.5, 0.6) is 0 Å². The number of halogens is 6. The highest BCUT2D eigenvalue weighted by atomic mass is 19.4. The van der Waals surface area contributed by atoms with Gasteiger partial charge in [-0.25, -0.2) is 10.5 Å². The summed E-state index contributed by atoms with van der Waals surface area (Å²) in [6, 6.07) is 1.09. The molecule has 0 aliphatic carbocycles. The summed E-state index contributed by atoms with van der Waals surface area (Å²) < 4.78 is 75.1. The number of rotatable bonds is 2. The quantitative estimate of drug-likeness (QED) is 0.372. The molecule has 0 atom stereocenters. The number of hydrogen-bond donors (Lipinski definition) is 2. The van der Waals surface area contributed by atoms with Crippen molar-refractivity contribution in [3.8, 4) is 0 Å². The van der Waals surface area contributed by atoms with Crippen LogP contribution in [0.1, 0.15) is 16.7 Å². The molecule has 10 heteroatoms. The molecule has 0 saturated carbocycles. The second kappa shape index (κ2) is 5.47. The van der Waals surface area contributed by atoms with Crippen molar-refractivity contribution in [3.05, 3.63) is 34.9 Å². The van der Waals surface area contributed by atoms with Crippen molar-refractivity contribution < 1.29 is 26.3 Å². The fourth-order valence-corrected chi connectivity index (χ4v) is 1.32. The molecule has 0 unspecified atom stereocenters. The van der Waals surface area contributed by atoms with E-state index in [0.29, 0.717) is 12.1 Å². The first kappa shape index (κ1) is 15.9. The van der Waals surface area contributed by atoms with E-state index in [-0.39, 0.29) is 11.6 Å². The minimum Gasteiger partial charge on any atom is -0.367 e. The molecule has 1 aromatic rings. The molecule has 0 fully saturated rings. The Bertz CT molecular complexity index is 499. The second-order valence-electron chi connectivity index (χ2n) is 3.70. The second-order valence-corrected chi connectivity index (χ2v) is 3.70. The summed E-state index contributed by atoms with van der Waals surface area (Å²) in [7, 11) is 0. The summed E-state index contributed by atoms with van der Waals surface area (Å²) in [5.41, 5.74) is 8.29. The molecule has 0 spiro atoms. The lowest BCUT2D eigenvalue weighted by atomic mass is 10.0. The molecule has 0 radical (unpaired) electrons. The maximum Gasteiger partial charge on any atom is 0.416 e. The van der Waals surface area contributed by atoms with E-state index in [1.54, 1.807) is 0 Å². The number of alkyl halides is 6. The van der Waals surface area contributed by atoms with Crippen molar-refractivity contribution in [2.75, 3.05) is 0 Å². The Morgan fingerprint density at radius 1 is 1.00 bits per heavy atom. The minimum absolute atomic E-state index is 0.0193. The summed E-state index contributed by atoms with van der Waals surface area (Å²) in [6.45, 7) is -0.540. The fraction of sp³-hybridized carbons (Fsp3) is 0.300. The molecule has 0 amide bonds. The average molecular weight is 298 g/mol. The molecular formula is C10H8F6N4. The lowest BCUT2D eigenvalue weighted by Crippen LogP contribution is -2.12. The molecule has 0 aromatic heterocycles. The van der Waals surface area contributed by atoms with Crippen molar-refractivity contribution in [3.63, 3.8) is 0 Å². The average Bonchev–Trinajstić information content (AvgIpc) is 2.33. The number of nitrogens with one attached hydrogen (secondary N) is 1. The van der Waals surface area contributed by atoms with Gasteiger partial charge in [0.25, 0.3) is 0 Å². The highest BCUT2D eigenvalue weighted by Crippen LogP contribution is 2.36. The maximum absolute atomic E-state index is 12.5. The molecule has 0 heterocycles. The number of nitrogens with two attached hydrogens (primary N) is 1. The van der Waals surface area contributed by atoms with Gasteiger partial charge < -0.3 is 5.73 Å². The summed E-state index contributed by atoms with van der Waals surface area (Å²) >= 11 is 0. The van der Waals surface area contributed by atoms with Crippen LogP contribution in [-0.2, 0) is 18.9 Å². The highest BCUT2D eigenvalue weighted by molar-refractivity contribution is 5.77. The first-order valence-corrected chi connectivity index (χ1v) is 5.00. The first-order chi connectivity index (χ1) is 9.04. The van der Waals surface area contributed by atoms with Crippen LogP contribution in [0.4, 0.5) is 26.3 Å². The fourth-order valence-electron chi connectivity index (χ4n) is 1.32. The van der Waals surface area contributed by atoms with E-state index in [4.69, 9.17) is 11.3 Å². The van der Waals surface area contributed by atoms with Crippen LogP contribution in [0, 0.1) is 5.53 Å². The topological polar surface area (TPSA) is 74.6 Å². The number of hydrogen-bond acceptors (Lipinski definition) is 2. The summed E-state index contributed by atoms with van der Waals surface area (Å²) in [5.74, 6) is -0.545. The van der Waals surface area contributed by atoms with Gasteiger partial charge in [-0.1, -0.05) is 0 Å². The molecule has 0 aliphatic heterocycles. The molecule has 0 saturated heterocycles. The van der Waals surface area contributed by atoms with E-state index in [0.717, 1.165) is 0 Å². The van der Waals surface area contributed by atoms with Gasteiger partial charge in [0.15, 0.2) is 0 Å². The van der Waals surface area contributed by atoms with Gasteiger partial charge in [-0.05, 0) is 23.8 Å². The molecule has 1 rings (SSSR count). The molecule has 0 aliphatic rings. The zero-order valence-electron chi connectivity index (χ0n) is 9.68. The minimum atomic E-state index is -4.91. The zero-order valence-corrected chi connectivity index (χ0v) is 9.68. The lowest BCUT2D eigenvalue weighted by molar-refractivity contribution is -0.143. The Balaban J connectivity index is 3.27. The molecule has 4 nitrogen and oxygen atoms in total. The van der Waals surface area contributed by atoms with Crippen molar-refractivity contribution in [2.45, 2.75) is 18.9 Å². The summed E-state index contributed by atoms with van der Waals surface area (Å²) in [4.78, 5) is 3.36. The van der Waals surface area contributed by atoms with Gasteiger partial charge in [-0.2, -0.15) is 26.3 Å². The normalized spacial score (nSPS) is 13.4. The first-order valence-electron chi connectivity index (χ1n) is 5.00. The SMILES string of the molecule is N=NC(N)=NCc1cc(C(F)(F)F)cc(C(F)(F)F)c1. The third kappa shape index (κ3) is 4.21. The summed E-state index contributed by atoms with van der Waals surface area (Å²) in [6.07, 6.45) is -9.82. The third-order valence-electron chi connectivity index (χ3n) is 2.19. The predicted molar refractivity (Wildman–Crippen MR) is 56.9 cm³/mol. The van der Waals surface area contributed by atoms with Crippen LogP contribution in [0.25, 0.3) is 0 Å². The third-order valence-corrected chi connectivity index (χ3v) is 2.19. The van der Waals surface area contributed by atoms with E-state index in [2.05, 4.69) is 10.1 Å². The molecule has 1 aromatic carbocycles. The van der Waals surface area contributed by atoms with E-state index >= 15 is 0 Å². The van der Waals surface area contributed by atoms with E-state index in [1.165, 1.54) is 0 Å². The molecule has 20 heavy (non-hydrogen) atoms. The largest absolute Gasteiger partial charge is 0.416 e. The van der Waals surface area contributed by atoms with Gasteiger partial charge in [0.05, 0.1) is 17.7 Å². The zero-order chi connectivity index (χ0) is 15.6. The highest BCUT2D eigenvalue weighted by Gasteiger charge is 2.36. The van der Waals surface area contributed by atoms with E-state index in [1.807, 2.05) is 0 Å². The standard InChI is InChI=1S/C10H8F6N4/c11-9(12,13)6-1-5(4-19-8(17)20-18)2-7(3-6)10(14,15)16/h1-3,18H,4H2,(H2,17,19). The van der Waals surface area contributed by atoms with Gasteiger partial charge in [-0.15, -0.1) is 5.11 Å². The van der Waals surface area contributed by atoms with Crippen molar-refractivity contribution in [1.29, 1.82) is 5.53 Å². The summed E-state index contributed by atoms with van der Waals surface area (Å²) in [5, 5.41) is 2.68. The molecule has 110 valence electrons. The maximum atomic E-state index is 12.5. The van der Waals surface area contributed by atoms with Crippen LogP contribution in [-0.4, -0.2) is 5.96 Å². The number of guanidine groups is 1. The van der Waals surface area contributed by atoms with Crippen LogP contribution >= 0.6 is 0 Å². The Hall–Kier alpha value is -2.13. The molecular weight excluding hydrogens is 290 g/mol. The Labute approximate surface area is 108 Å². The van der Waals surface area contributed by atoms with E-state index < -0.39 is 36.0 Å². The lowest BCUT2D eigenvalue weighted by Gasteiger charge is -2.13. The number of nitrogens with zero attached hydrogens (tertiary/aromatic N) is 2. The Morgan fingerprint density at radius 2 is 1.45 bits per heavy atom. The van der Waals surface area contributed by atoms with Gasteiger partial charge in [0.1, 0.15) is 0 Å². The van der Waals surface area contributed by atoms with E-state index in [9.17, 15) is 26.3 Å². The van der Waals surface area contributed by atoms with Crippen LogP contribution in [0.2, 0.25) is 0 Å². The van der Waals surface area contributed by atoms with Crippen molar-refractivity contribution in [2.24, 2.45) is 15.8 Å². The van der Waals surface area contributed by atoms with Gasteiger partial charge >= 0.3 is 12.4 Å². The smallest absolute Gasteiger partial charge is 0.367 e. The Morgan fingerprint density at radius 3 is 1.80 bits per heavy atom. The number of aliphatic imine (C=N–C) groups is 1. The monoisotopic (exact) mass is 298 g/mol. The van der Waals surface area contributed by atoms with Crippen LogP contribution in [0.3, 0.4) is 0 Å². The van der Waals surface area contributed by atoms with Crippen molar-refractivity contribution in [1.82, 2.24) is 0 Å². The predicted octanol–water partition coefficient (Wildman–Crippen LogP) is 3.57. The van der Waals surface area contributed by atoms with Crippen LogP contribution < -0.4 is 5.73 Å². The number of benzene rings is 1. The Kier molecular flexibility index (Phi) is 4.36. The van der Waals surface area contributed by atoms with Gasteiger partial charge in [-0.3, -0.25) is 0 Å². The molecule has 0 bridgehead atoms.